The lowest BCUT2D eigenvalue weighted by atomic mass is 9.74. The molecule has 15 heteroatoms. The van der Waals surface area contributed by atoms with Crippen LogP contribution in [0.25, 0.3) is 0 Å². The van der Waals surface area contributed by atoms with Crippen molar-refractivity contribution in [2.75, 3.05) is 47.4 Å². The zero-order chi connectivity index (χ0) is 43.4. The van der Waals surface area contributed by atoms with E-state index in [2.05, 4.69) is 10.2 Å². The van der Waals surface area contributed by atoms with Gasteiger partial charge in [-0.2, -0.15) is 0 Å². The van der Waals surface area contributed by atoms with Crippen LogP contribution in [0.1, 0.15) is 109 Å². The molecule has 0 unspecified atom stereocenters. The maximum atomic E-state index is 14.4. The number of carbonyl (C=O) groups is 1. The molecule has 0 amide bonds. The Kier molecular flexibility index (Phi) is 17.8. The minimum atomic E-state index is -1.81. The van der Waals surface area contributed by atoms with Crippen LogP contribution in [0.5, 0.6) is 0 Å². The third-order valence-corrected chi connectivity index (χ3v) is 13.6. The summed E-state index contributed by atoms with van der Waals surface area (Å²) in [5, 5.41) is 62.8. The van der Waals surface area contributed by atoms with Crippen molar-refractivity contribution < 1.29 is 58.7 Å². The van der Waals surface area contributed by atoms with Crippen LogP contribution in [0.4, 0.5) is 0 Å². The van der Waals surface area contributed by atoms with Crippen molar-refractivity contribution in [1.29, 1.82) is 0 Å². The molecule has 0 bridgehead atoms. The maximum Gasteiger partial charge on any atom is 0.311 e. The summed E-state index contributed by atoms with van der Waals surface area (Å²) in [6.07, 6.45) is -7.57. The molecule has 0 aliphatic carbocycles. The second-order valence-corrected chi connectivity index (χ2v) is 18.5. The minimum absolute atomic E-state index is 0.101. The van der Waals surface area contributed by atoms with E-state index in [9.17, 15) is 30.3 Å². The lowest BCUT2D eigenvalue weighted by molar-refractivity contribution is -0.339. The summed E-state index contributed by atoms with van der Waals surface area (Å²) in [7, 11) is 5.33. The molecule has 0 radical (unpaired) electrons. The zero-order valence-corrected chi connectivity index (χ0v) is 37.7. The van der Waals surface area contributed by atoms with Crippen molar-refractivity contribution >= 4 is 5.97 Å². The lowest BCUT2D eigenvalue weighted by Gasteiger charge is -2.54. The van der Waals surface area contributed by atoms with Gasteiger partial charge in [-0.15, -0.1) is 0 Å². The molecule has 3 aliphatic rings. The number of nitrogens with one attached hydrogen (secondary N) is 1. The fraction of sp³-hybridized carbons (Fsp3) is 0.976. The van der Waals surface area contributed by atoms with Gasteiger partial charge in [-0.1, -0.05) is 34.6 Å². The number of rotatable bonds is 11. The van der Waals surface area contributed by atoms with E-state index in [-0.39, 0.29) is 37.3 Å². The molecule has 3 aliphatic heterocycles. The summed E-state index contributed by atoms with van der Waals surface area (Å²) in [5.41, 5.74) is -5.94. The van der Waals surface area contributed by atoms with E-state index in [4.69, 9.17) is 28.4 Å². The number of likely N-dealkylation sites (N-methyl/N-ethyl adjacent to an activating group) is 2. The van der Waals surface area contributed by atoms with Gasteiger partial charge in [0, 0.05) is 38.1 Å². The van der Waals surface area contributed by atoms with Crippen molar-refractivity contribution in [2.24, 2.45) is 17.8 Å². The molecule has 3 heterocycles. The second kappa shape index (κ2) is 20.2. The molecule has 6 N–H and O–H groups in total. The number of aliphatic hydroxyl groups excluding tert-OH is 2. The summed E-state index contributed by atoms with van der Waals surface area (Å²) in [6.45, 7) is 23.8. The standard InChI is InChI=1S/C42H81N3O12/c1-16-31-41(12,50)35(47)28(8)43-22-24(4)20-39(10,49)36(57-38-33(46)30(44(13)14)19-25(5)53-38)26(6)34(27(7)37(48)55-31)56-32-21-40(11,52-15)42(51,29(9)54-32)23-45(17-2)18-3/h24-36,38,43,46-47,49-51H,16-23H2,1-15H3/t24-,25-,26+,27-,28+,29+,30+,31+,32+,33-,34+,35-,36-,38+,39+,40-,41-,42-/m1/s1. The number of hydrogen-bond acceptors (Lipinski definition) is 15. The fourth-order valence-electron chi connectivity index (χ4n) is 9.50. The van der Waals surface area contributed by atoms with E-state index in [1.54, 1.807) is 41.7 Å². The molecular weight excluding hydrogens is 738 g/mol. The van der Waals surface area contributed by atoms with E-state index >= 15 is 0 Å². The Morgan fingerprint density at radius 1 is 0.912 bits per heavy atom. The fourth-order valence-corrected chi connectivity index (χ4v) is 9.50. The molecule has 18 atom stereocenters. The number of nitrogens with zero attached hydrogens (tertiary/aromatic N) is 2. The molecule has 0 aromatic heterocycles. The van der Waals surface area contributed by atoms with Gasteiger partial charge in [-0.25, -0.2) is 0 Å². The highest BCUT2D eigenvalue weighted by molar-refractivity contribution is 5.73. The third kappa shape index (κ3) is 11.3. The predicted octanol–water partition coefficient (Wildman–Crippen LogP) is 2.27. The van der Waals surface area contributed by atoms with E-state index < -0.39 is 95.5 Å². The van der Waals surface area contributed by atoms with Crippen molar-refractivity contribution in [3.05, 3.63) is 0 Å². The molecule has 0 saturated carbocycles. The Morgan fingerprint density at radius 3 is 2.07 bits per heavy atom. The summed E-state index contributed by atoms with van der Waals surface area (Å²) < 4.78 is 38.5. The highest BCUT2D eigenvalue weighted by Gasteiger charge is 2.59. The van der Waals surface area contributed by atoms with Crippen LogP contribution in [-0.4, -0.2) is 178 Å². The van der Waals surface area contributed by atoms with Gasteiger partial charge in [0.05, 0.1) is 35.9 Å². The van der Waals surface area contributed by atoms with E-state index in [0.717, 1.165) is 13.1 Å². The van der Waals surface area contributed by atoms with Gasteiger partial charge in [-0.3, -0.25) is 4.79 Å². The molecule has 3 rings (SSSR count). The number of esters is 1. The van der Waals surface area contributed by atoms with Gasteiger partial charge < -0.3 is 69.1 Å². The second-order valence-electron chi connectivity index (χ2n) is 18.5. The van der Waals surface area contributed by atoms with Crippen LogP contribution in [0.2, 0.25) is 0 Å². The Balaban J connectivity index is 2.18. The molecule has 0 aromatic carbocycles. The van der Waals surface area contributed by atoms with Crippen LogP contribution >= 0.6 is 0 Å². The molecule has 0 spiro atoms. The summed E-state index contributed by atoms with van der Waals surface area (Å²) in [5.74, 6) is -2.66. The average molecular weight is 820 g/mol. The van der Waals surface area contributed by atoms with Crippen molar-refractivity contribution in [1.82, 2.24) is 15.1 Å². The lowest BCUT2D eigenvalue weighted by Crippen LogP contribution is -2.70. The van der Waals surface area contributed by atoms with Crippen molar-refractivity contribution in [2.45, 2.75) is 199 Å². The molecule has 57 heavy (non-hydrogen) atoms. The first-order valence-electron chi connectivity index (χ1n) is 21.4. The molecular formula is C42H81N3O12. The topological polar surface area (TPSA) is 192 Å². The quantitative estimate of drug-likeness (QED) is 0.166. The van der Waals surface area contributed by atoms with Crippen LogP contribution in [0.3, 0.4) is 0 Å². The number of ether oxygens (including phenoxy) is 6. The maximum absolute atomic E-state index is 14.4. The van der Waals surface area contributed by atoms with Crippen molar-refractivity contribution in [3.63, 3.8) is 0 Å². The Labute approximate surface area is 343 Å². The van der Waals surface area contributed by atoms with Gasteiger partial charge in [0.1, 0.15) is 35.1 Å². The van der Waals surface area contributed by atoms with E-state index in [1.807, 2.05) is 60.5 Å². The zero-order valence-electron chi connectivity index (χ0n) is 37.7. The van der Waals surface area contributed by atoms with Gasteiger partial charge >= 0.3 is 5.97 Å². The molecule has 3 saturated heterocycles. The van der Waals surface area contributed by atoms with Crippen LogP contribution in [-0.2, 0) is 33.2 Å². The summed E-state index contributed by atoms with van der Waals surface area (Å²) >= 11 is 0. The van der Waals surface area contributed by atoms with Crippen LogP contribution < -0.4 is 5.32 Å². The predicted molar refractivity (Wildman–Crippen MR) is 216 cm³/mol. The Hall–Kier alpha value is -1.05. The third-order valence-electron chi connectivity index (χ3n) is 13.6. The monoisotopic (exact) mass is 820 g/mol. The van der Waals surface area contributed by atoms with Gasteiger partial charge in [-0.05, 0) is 107 Å². The first-order chi connectivity index (χ1) is 26.3. The normalized spacial score (nSPS) is 47.4. The average Bonchev–Trinajstić information content (AvgIpc) is 3.14. The van der Waals surface area contributed by atoms with Crippen LogP contribution in [0, 0.1) is 17.8 Å². The molecule has 15 nitrogen and oxygen atoms in total. The largest absolute Gasteiger partial charge is 0.459 e. The number of carbonyl (C=O) groups excluding carboxylic acids is 1. The summed E-state index contributed by atoms with van der Waals surface area (Å²) in [4.78, 5) is 18.4. The van der Waals surface area contributed by atoms with Gasteiger partial charge in [0.15, 0.2) is 12.6 Å². The SMILES string of the molecule is CC[C@@H]1OC(=O)[C@H](C)[C@@H](O[C@H]2C[C@@](C)(OC)[C@@](O)(CN(CC)CC)[C@H](C)O2)[C@H](C)[C@@H](O[C@@H]2O[C@H](C)C[C@H](N(C)C)[C@H]2O)[C@@](C)(O)C[C@@H](C)CN[C@@H](C)[C@@H](O)[C@]1(C)O. The van der Waals surface area contributed by atoms with Gasteiger partial charge in [0.2, 0.25) is 0 Å². The molecule has 336 valence electrons. The number of hydrogen-bond donors (Lipinski definition) is 6. The Morgan fingerprint density at radius 2 is 1.53 bits per heavy atom. The highest BCUT2D eigenvalue weighted by atomic mass is 16.7. The smallest absolute Gasteiger partial charge is 0.311 e. The highest BCUT2D eigenvalue weighted by Crippen LogP contribution is 2.44. The number of cyclic esters (lactones) is 1. The summed E-state index contributed by atoms with van der Waals surface area (Å²) in [6, 6.07) is -0.878. The van der Waals surface area contributed by atoms with E-state index in [1.165, 1.54) is 6.92 Å². The van der Waals surface area contributed by atoms with Crippen molar-refractivity contribution in [3.8, 4) is 0 Å². The minimum Gasteiger partial charge on any atom is -0.459 e. The number of aliphatic hydroxyl groups is 5. The first-order valence-corrected chi connectivity index (χ1v) is 21.4. The number of methoxy groups -OCH3 is 1. The van der Waals surface area contributed by atoms with Gasteiger partial charge in [0.25, 0.3) is 0 Å². The molecule has 0 aromatic rings. The Bertz CT molecular complexity index is 1260. The van der Waals surface area contributed by atoms with E-state index in [0.29, 0.717) is 19.5 Å². The van der Waals surface area contributed by atoms with Crippen LogP contribution in [0.15, 0.2) is 0 Å². The molecule has 3 fully saturated rings. The first kappa shape index (κ1) is 50.3.